The summed E-state index contributed by atoms with van der Waals surface area (Å²) in [5.74, 6) is 0. The van der Waals surface area contributed by atoms with Crippen LogP contribution in [-0.2, 0) is 0 Å². The maximum Gasteiger partial charge on any atom is 0.0247 e. The molecule has 1 rings (SSSR count). The second-order valence-electron chi connectivity index (χ2n) is 5.01. The van der Waals surface area contributed by atoms with Crippen LogP contribution in [0, 0.1) is 0 Å². The van der Waals surface area contributed by atoms with Crippen LogP contribution in [0.5, 0.6) is 0 Å². The van der Waals surface area contributed by atoms with Gasteiger partial charge in [0.25, 0.3) is 0 Å². The molecule has 1 aliphatic carbocycles. The number of nitrogens with two attached hydrogens (primary N) is 1. The van der Waals surface area contributed by atoms with Gasteiger partial charge in [-0.2, -0.15) is 0 Å². The van der Waals surface area contributed by atoms with Gasteiger partial charge in [-0.1, -0.05) is 33.1 Å². The largest absolute Gasteiger partial charge is 0.326 e. The molecule has 2 heteroatoms. The minimum Gasteiger partial charge on any atom is -0.326 e. The van der Waals surface area contributed by atoms with Crippen molar-refractivity contribution in [1.29, 1.82) is 0 Å². The summed E-state index contributed by atoms with van der Waals surface area (Å²) in [4.78, 5) is 2.55. The molecule has 0 bridgehead atoms. The fourth-order valence-electron chi connectivity index (χ4n) is 2.96. The zero-order chi connectivity index (χ0) is 11.3. The Morgan fingerprint density at radius 1 is 1.13 bits per heavy atom. The van der Waals surface area contributed by atoms with E-state index in [1.807, 2.05) is 0 Å². The third kappa shape index (κ3) is 3.46. The smallest absolute Gasteiger partial charge is 0.0247 e. The summed E-state index contributed by atoms with van der Waals surface area (Å²) < 4.78 is 0. The minimum absolute atomic E-state index is 0.401. The van der Waals surface area contributed by atoms with Crippen molar-refractivity contribution in [3.8, 4) is 0 Å². The van der Waals surface area contributed by atoms with Crippen LogP contribution in [0.3, 0.4) is 0 Å². The lowest BCUT2D eigenvalue weighted by Gasteiger charge is -2.37. The van der Waals surface area contributed by atoms with Crippen LogP contribution >= 0.6 is 0 Å². The maximum atomic E-state index is 6.29. The number of hydrogen-bond acceptors (Lipinski definition) is 2. The summed E-state index contributed by atoms with van der Waals surface area (Å²) in [6, 6.07) is 1.75. The van der Waals surface area contributed by atoms with Crippen LogP contribution < -0.4 is 5.73 Å². The van der Waals surface area contributed by atoms with Crippen LogP contribution in [0.2, 0.25) is 0 Å². The van der Waals surface area contributed by atoms with E-state index in [0.29, 0.717) is 12.1 Å². The van der Waals surface area contributed by atoms with Crippen LogP contribution in [0.1, 0.15) is 58.8 Å². The van der Waals surface area contributed by atoms with Gasteiger partial charge in [-0.3, -0.25) is 4.90 Å². The summed E-state index contributed by atoms with van der Waals surface area (Å²) in [5.41, 5.74) is 6.29. The zero-order valence-corrected chi connectivity index (χ0v) is 10.7. The Morgan fingerprint density at radius 3 is 2.33 bits per heavy atom. The van der Waals surface area contributed by atoms with Crippen molar-refractivity contribution in [3.05, 3.63) is 0 Å². The van der Waals surface area contributed by atoms with Gasteiger partial charge in [0.1, 0.15) is 0 Å². The quantitative estimate of drug-likeness (QED) is 0.726. The zero-order valence-electron chi connectivity index (χ0n) is 10.7. The molecular weight excluding hydrogens is 184 g/mol. The summed E-state index contributed by atoms with van der Waals surface area (Å²) in [6.07, 6.45) is 9.08. The first-order valence-corrected chi connectivity index (χ1v) is 6.68. The van der Waals surface area contributed by atoms with Gasteiger partial charge in [-0.05, 0) is 32.7 Å². The van der Waals surface area contributed by atoms with Gasteiger partial charge in [-0.25, -0.2) is 0 Å². The molecule has 1 fully saturated rings. The van der Waals surface area contributed by atoms with Crippen molar-refractivity contribution < 1.29 is 0 Å². The number of likely N-dealkylation sites (N-methyl/N-ethyl adjacent to an activating group) is 1. The molecule has 0 aromatic rings. The highest BCUT2D eigenvalue weighted by atomic mass is 15.2. The molecule has 2 atom stereocenters. The average Bonchev–Trinajstić information content (AvgIpc) is 2.44. The second-order valence-corrected chi connectivity index (χ2v) is 5.01. The minimum atomic E-state index is 0.401. The fourth-order valence-corrected chi connectivity index (χ4v) is 2.96. The third-order valence-electron chi connectivity index (χ3n) is 4.07. The van der Waals surface area contributed by atoms with E-state index in [-0.39, 0.29) is 0 Å². The summed E-state index contributed by atoms with van der Waals surface area (Å²) in [6.45, 7) is 4.57. The van der Waals surface area contributed by atoms with Crippen LogP contribution in [0.4, 0.5) is 0 Å². The Morgan fingerprint density at radius 2 is 1.73 bits per heavy atom. The van der Waals surface area contributed by atoms with Crippen LogP contribution in [0.15, 0.2) is 0 Å². The van der Waals surface area contributed by atoms with Crippen molar-refractivity contribution in [2.24, 2.45) is 5.73 Å². The van der Waals surface area contributed by atoms with Crippen LogP contribution in [-0.4, -0.2) is 30.1 Å². The highest BCUT2D eigenvalue weighted by Crippen LogP contribution is 2.23. The highest BCUT2D eigenvalue weighted by molar-refractivity contribution is 4.85. The predicted octanol–water partition coefficient (Wildman–Crippen LogP) is 2.77. The molecule has 2 nitrogen and oxygen atoms in total. The molecule has 0 aromatic heterocycles. The van der Waals surface area contributed by atoms with E-state index >= 15 is 0 Å². The van der Waals surface area contributed by atoms with Crippen molar-refractivity contribution in [2.75, 3.05) is 7.05 Å². The molecule has 0 radical (unpaired) electrons. The van der Waals surface area contributed by atoms with Gasteiger partial charge in [0, 0.05) is 18.1 Å². The topological polar surface area (TPSA) is 29.3 Å². The van der Waals surface area contributed by atoms with Crippen molar-refractivity contribution in [3.63, 3.8) is 0 Å². The molecule has 0 amide bonds. The third-order valence-corrected chi connectivity index (χ3v) is 4.07. The molecule has 0 saturated heterocycles. The Kier molecular flexibility index (Phi) is 5.62. The van der Waals surface area contributed by atoms with Crippen LogP contribution in [0.25, 0.3) is 0 Å². The van der Waals surface area contributed by atoms with Gasteiger partial charge in [-0.15, -0.1) is 0 Å². The normalized spacial score (nSPS) is 28.4. The van der Waals surface area contributed by atoms with Gasteiger partial charge in [0.15, 0.2) is 0 Å². The Labute approximate surface area is 95.2 Å². The first-order chi connectivity index (χ1) is 7.20. The molecule has 1 saturated carbocycles. The van der Waals surface area contributed by atoms with E-state index in [4.69, 9.17) is 5.73 Å². The SMILES string of the molecule is CCC(CC)N(C)C1CCCCCC1N. The van der Waals surface area contributed by atoms with Gasteiger partial charge >= 0.3 is 0 Å². The van der Waals surface area contributed by atoms with E-state index in [9.17, 15) is 0 Å². The van der Waals surface area contributed by atoms with Crippen molar-refractivity contribution in [2.45, 2.75) is 76.9 Å². The summed E-state index contributed by atoms with van der Waals surface area (Å²) in [5, 5.41) is 0. The Balaban J connectivity index is 2.57. The Bertz CT molecular complexity index is 166. The summed E-state index contributed by atoms with van der Waals surface area (Å²) >= 11 is 0. The first-order valence-electron chi connectivity index (χ1n) is 6.68. The monoisotopic (exact) mass is 212 g/mol. The van der Waals surface area contributed by atoms with E-state index in [0.717, 1.165) is 6.04 Å². The van der Waals surface area contributed by atoms with Gasteiger partial charge < -0.3 is 5.73 Å². The van der Waals surface area contributed by atoms with Gasteiger partial charge in [0.05, 0.1) is 0 Å². The van der Waals surface area contributed by atoms with Gasteiger partial charge in [0.2, 0.25) is 0 Å². The molecule has 0 aliphatic heterocycles. The molecule has 0 spiro atoms. The molecule has 90 valence electrons. The lowest BCUT2D eigenvalue weighted by Crippen LogP contribution is -2.49. The number of nitrogens with zero attached hydrogens (tertiary/aromatic N) is 1. The maximum absolute atomic E-state index is 6.29. The molecule has 0 aromatic carbocycles. The summed E-state index contributed by atoms with van der Waals surface area (Å²) in [7, 11) is 2.27. The highest BCUT2D eigenvalue weighted by Gasteiger charge is 2.27. The molecule has 1 aliphatic rings. The molecular formula is C13H28N2. The first kappa shape index (κ1) is 13.0. The number of hydrogen-bond donors (Lipinski definition) is 1. The molecule has 15 heavy (non-hydrogen) atoms. The van der Waals surface area contributed by atoms with Crippen molar-refractivity contribution >= 4 is 0 Å². The lowest BCUT2D eigenvalue weighted by molar-refractivity contribution is 0.135. The molecule has 2 unspecified atom stereocenters. The van der Waals surface area contributed by atoms with E-state index in [1.165, 1.54) is 44.9 Å². The molecule has 0 heterocycles. The van der Waals surface area contributed by atoms with E-state index in [2.05, 4.69) is 25.8 Å². The standard InChI is InChI=1S/C13H28N2/c1-4-11(5-2)15(3)13-10-8-6-7-9-12(13)14/h11-13H,4-10,14H2,1-3H3. The number of rotatable bonds is 4. The van der Waals surface area contributed by atoms with E-state index in [1.54, 1.807) is 0 Å². The fraction of sp³-hybridized carbons (Fsp3) is 1.00. The predicted molar refractivity (Wildman–Crippen MR) is 67.0 cm³/mol. The Hall–Kier alpha value is -0.0800. The second kappa shape index (κ2) is 6.49. The van der Waals surface area contributed by atoms with Crippen molar-refractivity contribution in [1.82, 2.24) is 4.90 Å². The van der Waals surface area contributed by atoms with E-state index < -0.39 is 0 Å². The lowest BCUT2D eigenvalue weighted by atomic mass is 9.99. The molecule has 2 N–H and O–H groups in total. The average molecular weight is 212 g/mol.